The number of carboxylic acid groups (broad SMARTS) is 1. The standard InChI is InChI=1S/C13H14FNO3/c1-3-4-11(13(17)18)15-12(16)10-6-5-9(14)7-8(10)2/h3,5-7,11H,1,4H2,2H3,(H,15,16)(H,17,18). The van der Waals surface area contributed by atoms with Crippen LogP contribution in [0.25, 0.3) is 0 Å². The van der Waals surface area contributed by atoms with E-state index in [1.165, 1.54) is 18.2 Å². The van der Waals surface area contributed by atoms with Crippen molar-refractivity contribution in [2.45, 2.75) is 19.4 Å². The van der Waals surface area contributed by atoms with Crippen LogP contribution in [0.3, 0.4) is 0 Å². The molecule has 1 amide bonds. The van der Waals surface area contributed by atoms with Crippen molar-refractivity contribution in [2.75, 3.05) is 0 Å². The second-order valence-electron chi connectivity index (χ2n) is 3.85. The van der Waals surface area contributed by atoms with Crippen LogP contribution in [0.1, 0.15) is 22.3 Å². The molecule has 0 fully saturated rings. The molecule has 0 aliphatic heterocycles. The molecule has 1 aromatic rings. The van der Waals surface area contributed by atoms with Crippen LogP contribution >= 0.6 is 0 Å². The zero-order valence-electron chi connectivity index (χ0n) is 9.94. The van der Waals surface area contributed by atoms with Gasteiger partial charge in [-0.25, -0.2) is 9.18 Å². The molecular formula is C13H14FNO3. The molecule has 0 aromatic heterocycles. The predicted molar refractivity (Wildman–Crippen MR) is 64.8 cm³/mol. The molecular weight excluding hydrogens is 237 g/mol. The molecule has 1 unspecified atom stereocenters. The number of nitrogens with one attached hydrogen (secondary N) is 1. The van der Waals surface area contributed by atoms with Gasteiger partial charge in [0.15, 0.2) is 0 Å². The summed E-state index contributed by atoms with van der Waals surface area (Å²) in [5.41, 5.74) is 0.710. The number of carbonyl (C=O) groups excluding carboxylic acids is 1. The molecule has 1 atom stereocenters. The molecule has 0 radical (unpaired) electrons. The largest absolute Gasteiger partial charge is 0.480 e. The lowest BCUT2D eigenvalue weighted by atomic mass is 10.1. The van der Waals surface area contributed by atoms with E-state index >= 15 is 0 Å². The van der Waals surface area contributed by atoms with Crippen molar-refractivity contribution in [3.63, 3.8) is 0 Å². The van der Waals surface area contributed by atoms with Gasteiger partial charge in [0.1, 0.15) is 11.9 Å². The van der Waals surface area contributed by atoms with Crippen molar-refractivity contribution in [2.24, 2.45) is 0 Å². The number of hydrogen-bond acceptors (Lipinski definition) is 2. The number of carbonyl (C=O) groups is 2. The summed E-state index contributed by atoms with van der Waals surface area (Å²) in [4.78, 5) is 22.7. The molecule has 1 aromatic carbocycles. The number of amides is 1. The van der Waals surface area contributed by atoms with Gasteiger partial charge in [0, 0.05) is 5.56 Å². The van der Waals surface area contributed by atoms with Crippen molar-refractivity contribution >= 4 is 11.9 Å². The summed E-state index contributed by atoms with van der Waals surface area (Å²) in [6.07, 6.45) is 1.54. The van der Waals surface area contributed by atoms with E-state index in [-0.39, 0.29) is 12.0 Å². The maximum Gasteiger partial charge on any atom is 0.326 e. The molecule has 5 heteroatoms. The second-order valence-corrected chi connectivity index (χ2v) is 3.85. The Morgan fingerprint density at radius 2 is 2.22 bits per heavy atom. The average molecular weight is 251 g/mol. The molecule has 0 bridgehead atoms. The van der Waals surface area contributed by atoms with Crippen LogP contribution in [-0.4, -0.2) is 23.0 Å². The molecule has 2 N–H and O–H groups in total. The number of benzene rings is 1. The lowest BCUT2D eigenvalue weighted by Gasteiger charge is -2.13. The summed E-state index contributed by atoms with van der Waals surface area (Å²) in [5.74, 6) is -2.12. The van der Waals surface area contributed by atoms with Gasteiger partial charge in [-0.15, -0.1) is 6.58 Å². The molecule has 96 valence electrons. The van der Waals surface area contributed by atoms with Crippen molar-refractivity contribution < 1.29 is 19.1 Å². The fourth-order valence-electron chi connectivity index (χ4n) is 1.51. The number of carboxylic acids is 1. The highest BCUT2D eigenvalue weighted by molar-refractivity contribution is 5.97. The second kappa shape index (κ2) is 5.95. The highest BCUT2D eigenvalue weighted by Crippen LogP contribution is 2.10. The lowest BCUT2D eigenvalue weighted by Crippen LogP contribution is -2.40. The summed E-state index contributed by atoms with van der Waals surface area (Å²) in [7, 11) is 0. The van der Waals surface area contributed by atoms with Crippen LogP contribution in [0.15, 0.2) is 30.9 Å². The zero-order chi connectivity index (χ0) is 13.7. The number of halogens is 1. The van der Waals surface area contributed by atoms with Crippen LogP contribution in [-0.2, 0) is 4.79 Å². The van der Waals surface area contributed by atoms with Crippen LogP contribution < -0.4 is 5.32 Å². The minimum absolute atomic E-state index is 0.126. The Bertz CT molecular complexity index is 485. The topological polar surface area (TPSA) is 66.4 Å². The van der Waals surface area contributed by atoms with Gasteiger partial charge in [0.2, 0.25) is 0 Å². The molecule has 0 heterocycles. The summed E-state index contributed by atoms with van der Waals surface area (Å²) in [6, 6.07) is 2.68. The molecule has 1 rings (SSSR count). The SMILES string of the molecule is C=CCC(NC(=O)c1ccc(F)cc1C)C(=O)O. The Morgan fingerprint density at radius 3 is 2.72 bits per heavy atom. The highest BCUT2D eigenvalue weighted by Gasteiger charge is 2.20. The van der Waals surface area contributed by atoms with Crippen LogP contribution in [0, 0.1) is 12.7 Å². The van der Waals surface area contributed by atoms with Gasteiger partial charge in [0.05, 0.1) is 0 Å². The summed E-state index contributed by atoms with van der Waals surface area (Å²) in [5, 5.41) is 11.3. The predicted octanol–water partition coefficient (Wildman–Crippen LogP) is 1.89. The fourth-order valence-corrected chi connectivity index (χ4v) is 1.51. The van der Waals surface area contributed by atoms with E-state index in [0.717, 1.165) is 6.07 Å². The highest BCUT2D eigenvalue weighted by atomic mass is 19.1. The third kappa shape index (κ3) is 3.41. The molecule has 0 saturated heterocycles. The van der Waals surface area contributed by atoms with Crippen LogP contribution in [0.5, 0.6) is 0 Å². The van der Waals surface area contributed by atoms with Gasteiger partial charge < -0.3 is 10.4 Å². The first-order valence-electron chi connectivity index (χ1n) is 5.36. The minimum atomic E-state index is -1.14. The first-order chi connectivity index (χ1) is 8.45. The summed E-state index contributed by atoms with van der Waals surface area (Å²) >= 11 is 0. The van der Waals surface area contributed by atoms with E-state index in [0.29, 0.717) is 5.56 Å². The van der Waals surface area contributed by atoms with E-state index in [9.17, 15) is 14.0 Å². The Kier molecular flexibility index (Phi) is 4.59. The molecule has 18 heavy (non-hydrogen) atoms. The van der Waals surface area contributed by atoms with Gasteiger partial charge >= 0.3 is 5.97 Å². The number of aryl methyl sites for hydroxylation is 1. The van der Waals surface area contributed by atoms with Crippen molar-refractivity contribution in [3.05, 3.63) is 47.8 Å². The van der Waals surface area contributed by atoms with Crippen LogP contribution in [0.4, 0.5) is 4.39 Å². The van der Waals surface area contributed by atoms with E-state index in [1.807, 2.05) is 0 Å². The zero-order valence-corrected chi connectivity index (χ0v) is 9.94. The average Bonchev–Trinajstić information content (AvgIpc) is 2.27. The normalized spacial score (nSPS) is 11.7. The van der Waals surface area contributed by atoms with Crippen LogP contribution in [0.2, 0.25) is 0 Å². The van der Waals surface area contributed by atoms with Gasteiger partial charge in [-0.3, -0.25) is 4.79 Å². The first kappa shape index (κ1) is 13.9. The molecule has 0 aliphatic rings. The number of rotatable bonds is 5. The van der Waals surface area contributed by atoms with Gasteiger partial charge in [-0.05, 0) is 37.1 Å². The Hall–Kier alpha value is -2.17. The first-order valence-corrected chi connectivity index (χ1v) is 5.36. The van der Waals surface area contributed by atoms with E-state index < -0.39 is 23.7 Å². The Morgan fingerprint density at radius 1 is 1.56 bits per heavy atom. The van der Waals surface area contributed by atoms with Gasteiger partial charge in [0.25, 0.3) is 5.91 Å². The lowest BCUT2D eigenvalue weighted by molar-refractivity contribution is -0.139. The fraction of sp³-hybridized carbons (Fsp3) is 0.231. The maximum atomic E-state index is 12.9. The molecule has 0 aliphatic carbocycles. The van der Waals surface area contributed by atoms with Gasteiger partial charge in [-0.2, -0.15) is 0 Å². The van der Waals surface area contributed by atoms with E-state index in [2.05, 4.69) is 11.9 Å². The van der Waals surface area contributed by atoms with E-state index in [4.69, 9.17) is 5.11 Å². The van der Waals surface area contributed by atoms with Crippen molar-refractivity contribution in [3.8, 4) is 0 Å². The molecule has 0 spiro atoms. The summed E-state index contributed by atoms with van der Waals surface area (Å²) in [6.45, 7) is 5.01. The quantitative estimate of drug-likeness (QED) is 0.785. The van der Waals surface area contributed by atoms with Crippen molar-refractivity contribution in [1.82, 2.24) is 5.32 Å². The summed E-state index contributed by atoms with van der Waals surface area (Å²) < 4.78 is 12.9. The van der Waals surface area contributed by atoms with E-state index in [1.54, 1.807) is 6.92 Å². The Balaban J connectivity index is 2.86. The number of aliphatic carboxylic acids is 1. The monoisotopic (exact) mass is 251 g/mol. The molecule has 4 nitrogen and oxygen atoms in total. The smallest absolute Gasteiger partial charge is 0.326 e. The maximum absolute atomic E-state index is 12.9. The van der Waals surface area contributed by atoms with Crippen molar-refractivity contribution in [1.29, 1.82) is 0 Å². The minimum Gasteiger partial charge on any atom is -0.480 e. The van der Waals surface area contributed by atoms with Gasteiger partial charge in [-0.1, -0.05) is 6.08 Å². The Labute approximate surface area is 104 Å². The third-order valence-corrected chi connectivity index (χ3v) is 2.44. The third-order valence-electron chi connectivity index (χ3n) is 2.44. The number of hydrogen-bond donors (Lipinski definition) is 2. The molecule has 0 saturated carbocycles.